The van der Waals surface area contributed by atoms with Crippen molar-refractivity contribution < 1.29 is 0 Å². The topological polar surface area (TPSA) is 30.7 Å². The largest absolute Gasteiger partial charge is 0.309 e. The molecule has 0 saturated carbocycles. The van der Waals surface area contributed by atoms with Crippen LogP contribution < -0.4 is 0 Å². The Kier molecular flexibility index (Phi) is 6.68. The van der Waals surface area contributed by atoms with E-state index in [9.17, 15) is 0 Å². The van der Waals surface area contributed by atoms with Gasteiger partial charge in [-0.05, 0) is 53.6 Å². The fourth-order valence-corrected chi connectivity index (χ4v) is 8.36. The molecule has 0 fully saturated rings. The fraction of sp³-hybridized carbons (Fsp3) is 0. The van der Waals surface area contributed by atoms with Crippen molar-refractivity contribution >= 4 is 53.3 Å². The van der Waals surface area contributed by atoms with Gasteiger partial charge in [-0.25, -0.2) is 9.97 Å². The maximum absolute atomic E-state index is 5.25. The molecule has 10 rings (SSSR count). The van der Waals surface area contributed by atoms with Gasteiger partial charge in [-0.2, -0.15) is 0 Å². The molecule has 0 unspecified atom stereocenters. The summed E-state index contributed by atoms with van der Waals surface area (Å²) in [5.41, 5.74) is 10.8. The summed E-state index contributed by atoms with van der Waals surface area (Å²) in [5.74, 6) is 0.709. The minimum atomic E-state index is 0.709. The van der Waals surface area contributed by atoms with Gasteiger partial charge in [0, 0.05) is 53.3 Å². The second-order valence-corrected chi connectivity index (χ2v) is 13.7. The third-order valence-electron chi connectivity index (χ3n) is 9.64. The lowest BCUT2D eigenvalue weighted by atomic mass is 10.00. The Morgan fingerprint density at radius 2 is 1.02 bits per heavy atom. The van der Waals surface area contributed by atoms with Gasteiger partial charge < -0.3 is 4.57 Å². The van der Waals surface area contributed by atoms with Crippen molar-refractivity contribution in [3.63, 3.8) is 0 Å². The standard InChI is InChI=1S/C46H29N3S/c1-3-12-30(13-4-1)31-22-24-32(25-23-31)39-29-40(48-46(47-39)33-14-5-2-6-15-33)36-18-11-20-42-45(36)37-17-7-9-19-41(37)49(42)34-26-27-44-38(28-34)35-16-8-10-21-43(35)50-44/h1-29H. The van der Waals surface area contributed by atoms with Gasteiger partial charge in [0.15, 0.2) is 5.82 Å². The minimum absolute atomic E-state index is 0.709. The average Bonchev–Trinajstić information content (AvgIpc) is 3.74. The molecule has 10 aromatic rings. The molecule has 0 aliphatic carbocycles. The predicted molar refractivity (Wildman–Crippen MR) is 211 cm³/mol. The smallest absolute Gasteiger partial charge is 0.160 e. The van der Waals surface area contributed by atoms with Crippen LogP contribution in [-0.2, 0) is 0 Å². The molecule has 0 aliphatic rings. The van der Waals surface area contributed by atoms with Gasteiger partial charge in [-0.15, -0.1) is 11.3 Å². The molecule has 0 amide bonds. The van der Waals surface area contributed by atoms with Crippen LogP contribution >= 0.6 is 11.3 Å². The van der Waals surface area contributed by atoms with Crippen molar-refractivity contribution in [1.82, 2.24) is 14.5 Å². The maximum Gasteiger partial charge on any atom is 0.160 e. The van der Waals surface area contributed by atoms with E-state index in [0.717, 1.165) is 39.3 Å². The first-order chi connectivity index (χ1) is 24.8. The van der Waals surface area contributed by atoms with Crippen molar-refractivity contribution in [2.24, 2.45) is 0 Å². The van der Waals surface area contributed by atoms with E-state index in [1.807, 2.05) is 35.6 Å². The summed E-state index contributed by atoms with van der Waals surface area (Å²) >= 11 is 1.85. The van der Waals surface area contributed by atoms with Gasteiger partial charge >= 0.3 is 0 Å². The molecule has 4 heteroatoms. The number of thiophene rings is 1. The Hall–Kier alpha value is -6.36. The molecule has 0 radical (unpaired) electrons. The fourth-order valence-electron chi connectivity index (χ4n) is 7.28. The molecule has 0 N–H and O–H groups in total. The number of rotatable bonds is 5. The SMILES string of the molecule is c1ccc(-c2ccc(-c3cc(-c4cccc5c4c4ccccc4n5-c4ccc5sc6ccccc6c5c4)nc(-c4ccccc4)n3)cc2)cc1. The van der Waals surface area contributed by atoms with Crippen molar-refractivity contribution in [3.8, 4) is 50.7 Å². The summed E-state index contributed by atoms with van der Waals surface area (Å²) in [6, 6.07) is 62.5. The Bertz CT molecular complexity index is 2850. The first-order valence-electron chi connectivity index (χ1n) is 16.8. The molecule has 3 nitrogen and oxygen atoms in total. The number of hydrogen-bond donors (Lipinski definition) is 0. The van der Waals surface area contributed by atoms with E-state index in [2.05, 4.69) is 156 Å². The van der Waals surface area contributed by atoms with Gasteiger partial charge in [-0.1, -0.05) is 133 Å². The maximum atomic E-state index is 5.25. The zero-order valence-corrected chi connectivity index (χ0v) is 27.8. The van der Waals surface area contributed by atoms with Crippen LogP contribution in [0, 0.1) is 0 Å². The van der Waals surface area contributed by atoms with E-state index >= 15 is 0 Å². The summed E-state index contributed by atoms with van der Waals surface area (Å²) < 4.78 is 5.02. The Balaban J connectivity index is 1.19. The number of aromatic nitrogens is 3. The molecule has 234 valence electrons. The minimum Gasteiger partial charge on any atom is -0.309 e. The lowest BCUT2D eigenvalue weighted by Crippen LogP contribution is -1.97. The molecule has 3 aromatic heterocycles. The zero-order chi connectivity index (χ0) is 33.0. The second kappa shape index (κ2) is 11.7. The molecule has 0 bridgehead atoms. The monoisotopic (exact) mass is 655 g/mol. The van der Waals surface area contributed by atoms with Crippen LogP contribution in [0.5, 0.6) is 0 Å². The summed E-state index contributed by atoms with van der Waals surface area (Å²) in [4.78, 5) is 10.4. The molecule has 7 aromatic carbocycles. The quantitative estimate of drug-likeness (QED) is 0.185. The number of benzene rings is 7. The molecular weight excluding hydrogens is 627 g/mol. The van der Waals surface area contributed by atoms with Gasteiger partial charge in [0.05, 0.1) is 22.4 Å². The molecule has 0 atom stereocenters. The highest BCUT2D eigenvalue weighted by molar-refractivity contribution is 7.25. The van der Waals surface area contributed by atoms with E-state index < -0.39 is 0 Å². The first kappa shape index (κ1) is 28.6. The number of hydrogen-bond acceptors (Lipinski definition) is 3. The molecule has 50 heavy (non-hydrogen) atoms. The van der Waals surface area contributed by atoms with Gasteiger partial charge in [0.1, 0.15) is 0 Å². The first-order valence-corrected chi connectivity index (χ1v) is 17.6. The van der Waals surface area contributed by atoms with E-state index in [1.54, 1.807) is 0 Å². The van der Waals surface area contributed by atoms with Crippen LogP contribution in [0.2, 0.25) is 0 Å². The van der Waals surface area contributed by atoms with Crippen LogP contribution in [0.3, 0.4) is 0 Å². The second-order valence-electron chi connectivity index (χ2n) is 12.6. The molecule has 0 aliphatic heterocycles. The van der Waals surface area contributed by atoms with E-state index in [-0.39, 0.29) is 0 Å². The predicted octanol–water partition coefficient (Wildman–Crippen LogP) is 12.6. The molecule has 3 heterocycles. The molecular formula is C46H29N3S. The third kappa shape index (κ3) is 4.73. The molecule has 0 spiro atoms. The van der Waals surface area contributed by atoms with Crippen molar-refractivity contribution in [1.29, 1.82) is 0 Å². The normalized spacial score (nSPS) is 11.6. The Morgan fingerprint density at radius 3 is 1.84 bits per heavy atom. The summed E-state index contributed by atoms with van der Waals surface area (Å²) in [6.07, 6.45) is 0. The molecule has 0 saturated heterocycles. The van der Waals surface area contributed by atoms with Crippen LogP contribution in [0.1, 0.15) is 0 Å². The van der Waals surface area contributed by atoms with Crippen molar-refractivity contribution in [3.05, 3.63) is 176 Å². The van der Waals surface area contributed by atoms with E-state index in [4.69, 9.17) is 9.97 Å². The van der Waals surface area contributed by atoms with E-state index in [1.165, 1.54) is 47.6 Å². The number of nitrogens with zero attached hydrogens (tertiary/aromatic N) is 3. The highest BCUT2D eigenvalue weighted by atomic mass is 32.1. The number of para-hydroxylation sites is 1. The summed E-state index contributed by atoms with van der Waals surface area (Å²) in [5, 5.41) is 4.97. The van der Waals surface area contributed by atoms with Crippen LogP contribution in [0.4, 0.5) is 0 Å². The highest BCUT2D eigenvalue weighted by Crippen LogP contribution is 2.41. The van der Waals surface area contributed by atoms with Crippen molar-refractivity contribution in [2.75, 3.05) is 0 Å². The van der Waals surface area contributed by atoms with Crippen LogP contribution in [0.25, 0.3) is 92.7 Å². The van der Waals surface area contributed by atoms with Crippen molar-refractivity contribution in [2.45, 2.75) is 0 Å². The zero-order valence-electron chi connectivity index (χ0n) is 27.0. The van der Waals surface area contributed by atoms with Gasteiger partial charge in [-0.3, -0.25) is 0 Å². The highest BCUT2D eigenvalue weighted by Gasteiger charge is 2.19. The Labute approximate surface area is 293 Å². The van der Waals surface area contributed by atoms with E-state index in [0.29, 0.717) is 5.82 Å². The van der Waals surface area contributed by atoms with Gasteiger partial charge in [0.2, 0.25) is 0 Å². The third-order valence-corrected chi connectivity index (χ3v) is 10.8. The lowest BCUT2D eigenvalue weighted by Gasteiger charge is -2.12. The summed E-state index contributed by atoms with van der Waals surface area (Å²) in [6.45, 7) is 0. The Morgan fingerprint density at radius 1 is 0.400 bits per heavy atom. The lowest BCUT2D eigenvalue weighted by molar-refractivity contribution is 1.18. The average molecular weight is 656 g/mol. The summed E-state index contributed by atoms with van der Waals surface area (Å²) in [7, 11) is 0. The van der Waals surface area contributed by atoms with Crippen LogP contribution in [-0.4, -0.2) is 14.5 Å². The number of fused-ring (bicyclic) bond motifs is 6. The van der Waals surface area contributed by atoms with Crippen LogP contribution in [0.15, 0.2) is 176 Å². The van der Waals surface area contributed by atoms with Gasteiger partial charge in [0.25, 0.3) is 0 Å².